The van der Waals surface area contributed by atoms with Crippen LogP contribution in [0.4, 0.5) is 0 Å². The normalized spacial score (nSPS) is 19.0. The van der Waals surface area contributed by atoms with Gasteiger partial charge in [-0.3, -0.25) is 4.90 Å². The number of hydrogen-bond acceptors (Lipinski definition) is 5. The molecule has 0 bridgehead atoms. The van der Waals surface area contributed by atoms with Crippen molar-refractivity contribution >= 4 is 0 Å². The zero-order valence-corrected chi connectivity index (χ0v) is 14.6. The van der Waals surface area contributed by atoms with Crippen LogP contribution < -0.4 is 9.47 Å². The van der Waals surface area contributed by atoms with Gasteiger partial charge >= 0.3 is 0 Å². The molecule has 0 spiro atoms. The molecule has 134 valence electrons. The minimum atomic E-state index is -0.444. The van der Waals surface area contributed by atoms with Gasteiger partial charge in [-0.05, 0) is 37.1 Å². The van der Waals surface area contributed by atoms with E-state index in [0.29, 0.717) is 25.8 Å². The first-order chi connectivity index (χ1) is 11.8. The Bertz CT molecular complexity index is 516. The summed E-state index contributed by atoms with van der Waals surface area (Å²) in [6.07, 6.45) is 6.07. The van der Waals surface area contributed by atoms with Gasteiger partial charge in [0.2, 0.25) is 6.79 Å². The molecule has 3 rings (SSSR count). The summed E-state index contributed by atoms with van der Waals surface area (Å²) in [5.41, 5.74) is 1.03. The number of nitrogens with zero attached hydrogens (tertiary/aromatic N) is 1. The Morgan fingerprint density at radius 3 is 2.79 bits per heavy atom. The number of likely N-dealkylation sites (N-methyl/N-ethyl adjacent to an activating group) is 1. The Morgan fingerprint density at radius 2 is 2.00 bits per heavy atom. The Kier molecular flexibility index (Phi) is 6.35. The molecule has 24 heavy (non-hydrogen) atoms. The first-order valence-corrected chi connectivity index (χ1v) is 9.14. The maximum absolute atomic E-state index is 10.3. The highest BCUT2D eigenvalue weighted by molar-refractivity contribution is 5.44. The fourth-order valence-corrected chi connectivity index (χ4v) is 3.65. The van der Waals surface area contributed by atoms with Crippen molar-refractivity contribution in [3.05, 3.63) is 23.8 Å². The van der Waals surface area contributed by atoms with E-state index >= 15 is 0 Å². The van der Waals surface area contributed by atoms with Gasteiger partial charge in [-0.1, -0.05) is 32.3 Å². The maximum atomic E-state index is 10.3. The van der Waals surface area contributed by atoms with Gasteiger partial charge in [-0.15, -0.1) is 0 Å². The summed E-state index contributed by atoms with van der Waals surface area (Å²) in [4.78, 5) is 2.41. The molecule has 0 radical (unpaired) electrons. The van der Waals surface area contributed by atoms with Gasteiger partial charge in [0, 0.05) is 12.6 Å². The Hall–Kier alpha value is -1.30. The third kappa shape index (κ3) is 4.62. The van der Waals surface area contributed by atoms with Crippen LogP contribution in [0.15, 0.2) is 18.2 Å². The van der Waals surface area contributed by atoms with Crippen molar-refractivity contribution in [3.8, 4) is 11.5 Å². The van der Waals surface area contributed by atoms with Gasteiger partial charge in [0.05, 0.1) is 19.3 Å². The fraction of sp³-hybridized carbons (Fsp3) is 0.684. The van der Waals surface area contributed by atoms with Crippen molar-refractivity contribution in [3.63, 3.8) is 0 Å². The molecular weight excluding hydrogens is 306 g/mol. The second-order valence-corrected chi connectivity index (χ2v) is 6.74. The highest BCUT2D eigenvalue weighted by Gasteiger charge is 2.22. The molecule has 1 aliphatic carbocycles. The van der Waals surface area contributed by atoms with Crippen LogP contribution in [0.5, 0.6) is 11.5 Å². The molecule has 1 fully saturated rings. The van der Waals surface area contributed by atoms with Gasteiger partial charge in [0.15, 0.2) is 11.5 Å². The van der Waals surface area contributed by atoms with Crippen LogP contribution in [0.2, 0.25) is 0 Å². The number of aliphatic hydroxyl groups excluding tert-OH is 1. The molecule has 0 amide bonds. The summed E-state index contributed by atoms with van der Waals surface area (Å²) in [5, 5.41) is 10.3. The van der Waals surface area contributed by atoms with Crippen LogP contribution in [0.1, 0.15) is 44.6 Å². The molecule has 5 heteroatoms. The SMILES string of the molecule is CCN(CC(O)COCc1ccc2c(c1)OCO2)C1CCCCC1. The summed E-state index contributed by atoms with van der Waals surface area (Å²) in [7, 11) is 0. The summed E-state index contributed by atoms with van der Waals surface area (Å²) < 4.78 is 16.4. The van der Waals surface area contributed by atoms with Gasteiger partial charge in [-0.2, -0.15) is 0 Å². The summed E-state index contributed by atoms with van der Waals surface area (Å²) >= 11 is 0. The quantitative estimate of drug-likeness (QED) is 0.791. The molecule has 1 unspecified atom stereocenters. The number of benzene rings is 1. The minimum absolute atomic E-state index is 0.284. The van der Waals surface area contributed by atoms with Gasteiger partial charge in [0.25, 0.3) is 0 Å². The van der Waals surface area contributed by atoms with Crippen molar-refractivity contribution in [1.82, 2.24) is 4.90 Å². The van der Waals surface area contributed by atoms with Crippen molar-refractivity contribution in [2.75, 3.05) is 26.5 Å². The first kappa shape index (κ1) is 17.5. The van der Waals surface area contributed by atoms with E-state index < -0.39 is 6.10 Å². The number of fused-ring (bicyclic) bond motifs is 1. The largest absolute Gasteiger partial charge is 0.454 e. The molecule has 1 aromatic carbocycles. The smallest absolute Gasteiger partial charge is 0.231 e. The predicted octanol–water partition coefficient (Wildman–Crippen LogP) is 2.95. The Labute approximate surface area is 144 Å². The molecule has 1 atom stereocenters. The average Bonchev–Trinajstić information content (AvgIpc) is 3.08. The zero-order chi connectivity index (χ0) is 16.8. The Balaban J connectivity index is 1.40. The lowest BCUT2D eigenvalue weighted by Gasteiger charge is -2.34. The highest BCUT2D eigenvalue weighted by Crippen LogP contribution is 2.32. The van der Waals surface area contributed by atoms with E-state index in [1.54, 1.807) is 0 Å². The molecule has 1 N–H and O–H groups in total. The van der Waals surface area contributed by atoms with Crippen LogP contribution in [-0.4, -0.2) is 48.6 Å². The lowest BCUT2D eigenvalue weighted by molar-refractivity contribution is 0.0000239. The number of rotatable bonds is 8. The van der Waals surface area contributed by atoms with Crippen LogP contribution in [0.25, 0.3) is 0 Å². The minimum Gasteiger partial charge on any atom is -0.454 e. The van der Waals surface area contributed by atoms with Crippen molar-refractivity contribution in [2.45, 2.75) is 57.8 Å². The van der Waals surface area contributed by atoms with E-state index in [1.807, 2.05) is 18.2 Å². The van der Waals surface area contributed by atoms with Crippen LogP contribution in [0, 0.1) is 0 Å². The van der Waals surface area contributed by atoms with Gasteiger partial charge in [0.1, 0.15) is 0 Å². The topological polar surface area (TPSA) is 51.2 Å². The molecule has 1 saturated carbocycles. The van der Waals surface area contributed by atoms with Crippen LogP contribution in [-0.2, 0) is 11.3 Å². The van der Waals surface area contributed by atoms with Gasteiger partial charge < -0.3 is 19.3 Å². The maximum Gasteiger partial charge on any atom is 0.231 e. The monoisotopic (exact) mass is 335 g/mol. The fourth-order valence-electron chi connectivity index (χ4n) is 3.65. The van der Waals surface area contributed by atoms with Crippen molar-refractivity contribution in [2.24, 2.45) is 0 Å². The Morgan fingerprint density at radius 1 is 1.21 bits per heavy atom. The van der Waals surface area contributed by atoms with Crippen LogP contribution >= 0.6 is 0 Å². The average molecular weight is 335 g/mol. The standard InChI is InChI=1S/C19H29NO4/c1-2-20(16-6-4-3-5-7-16)11-17(21)13-22-12-15-8-9-18-19(10-15)24-14-23-18/h8-10,16-17,21H,2-7,11-14H2,1H3. The number of aliphatic hydroxyl groups is 1. The number of hydrogen-bond donors (Lipinski definition) is 1. The second-order valence-electron chi connectivity index (χ2n) is 6.74. The lowest BCUT2D eigenvalue weighted by atomic mass is 9.94. The summed E-state index contributed by atoms with van der Waals surface area (Å²) in [5.74, 6) is 1.55. The molecule has 1 aromatic rings. The predicted molar refractivity (Wildman–Crippen MR) is 92.3 cm³/mol. The van der Waals surface area contributed by atoms with E-state index in [4.69, 9.17) is 14.2 Å². The second kappa shape index (κ2) is 8.70. The highest BCUT2D eigenvalue weighted by atomic mass is 16.7. The molecule has 1 heterocycles. The van der Waals surface area contributed by atoms with Crippen LogP contribution in [0.3, 0.4) is 0 Å². The molecule has 2 aliphatic rings. The molecule has 1 aliphatic heterocycles. The molecule has 0 aromatic heterocycles. The molecule has 0 saturated heterocycles. The van der Waals surface area contributed by atoms with E-state index in [9.17, 15) is 5.11 Å². The molecular formula is C19H29NO4. The third-order valence-corrected chi connectivity index (χ3v) is 4.96. The van der Waals surface area contributed by atoms with E-state index in [0.717, 1.165) is 23.6 Å². The number of ether oxygens (including phenoxy) is 3. The van der Waals surface area contributed by atoms with E-state index in [1.165, 1.54) is 32.1 Å². The first-order valence-electron chi connectivity index (χ1n) is 9.14. The van der Waals surface area contributed by atoms with E-state index in [2.05, 4.69) is 11.8 Å². The summed E-state index contributed by atoms with van der Waals surface area (Å²) in [6, 6.07) is 6.45. The lowest BCUT2D eigenvalue weighted by Crippen LogP contribution is -2.42. The molecule has 5 nitrogen and oxygen atoms in total. The third-order valence-electron chi connectivity index (χ3n) is 4.96. The summed E-state index contributed by atoms with van der Waals surface area (Å²) in [6.45, 7) is 4.98. The zero-order valence-electron chi connectivity index (χ0n) is 14.6. The van der Waals surface area contributed by atoms with Crippen molar-refractivity contribution in [1.29, 1.82) is 0 Å². The van der Waals surface area contributed by atoms with E-state index in [-0.39, 0.29) is 6.79 Å². The van der Waals surface area contributed by atoms with Gasteiger partial charge in [-0.25, -0.2) is 0 Å². The van der Waals surface area contributed by atoms with Crippen molar-refractivity contribution < 1.29 is 19.3 Å².